The first kappa shape index (κ1) is 26.8. The van der Waals surface area contributed by atoms with E-state index in [0.29, 0.717) is 0 Å². The van der Waals surface area contributed by atoms with Crippen LogP contribution in [-0.4, -0.2) is 89.7 Å². The Hall–Kier alpha value is -4.24. The molecule has 6 unspecified atom stereocenters. The molecule has 6 atom stereocenters. The number of carbonyl (C=O) groups excluding carboxylic acids is 2. The van der Waals surface area contributed by atoms with E-state index in [1.807, 2.05) is 0 Å². The number of aliphatic carboxylic acids is 1. The fraction of sp³-hybridized carbons (Fsp3) is 0.333. The number of hydrogen-bond acceptors (Lipinski definition) is 13. The molecule has 2 aromatic rings. The first-order valence-corrected chi connectivity index (χ1v) is 11.2. The average molecular weight is 536 g/mol. The highest BCUT2D eigenvalue weighted by atomic mass is 16.7. The summed E-state index contributed by atoms with van der Waals surface area (Å²) in [5.74, 6) is -4.35. The fourth-order valence-electron chi connectivity index (χ4n) is 3.96. The molecule has 14 nitrogen and oxygen atoms in total. The Morgan fingerprint density at radius 1 is 0.947 bits per heavy atom. The van der Waals surface area contributed by atoms with Gasteiger partial charge in [0.05, 0.1) is 24.0 Å². The first-order chi connectivity index (χ1) is 17.9. The molecule has 2 heterocycles. The summed E-state index contributed by atoms with van der Waals surface area (Å²) < 4.78 is 20.5. The van der Waals surface area contributed by atoms with Crippen LogP contribution in [0.25, 0.3) is 6.08 Å². The third kappa shape index (κ3) is 5.52. The molecule has 0 aromatic heterocycles. The smallest absolute Gasteiger partial charge is 0.311 e. The van der Waals surface area contributed by atoms with Crippen molar-refractivity contribution in [1.29, 1.82) is 0 Å². The molecule has 8 N–H and O–H groups in total. The van der Waals surface area contributed by atoms with Crippen LogP contribution in [0.4, 0.5) is 0 Å². The summed E-state index contributed by atoms with van der Waals surface area (Å²) in [4.78, 5) is 22.1. The highest BCUT2D eigenvalue weighted by Crippen LogP contribution is 2.46. The minimum Gasteiger partial charge on any atom is -0.571 e. The lowest BCUT2D eigenvalue weighted by Crippen LogP contribution is -2.59. The summed E-state index contributed by atoms with van der Waals surface area (Å²) >= 11 is 0. The van der Waals surface area contributed by atoms with Gasteiger partial charge in [-0.05, 0) is 18.2 Å². The number of aliphatic hydroxyl groups excluding tert-OH is 3. The number of ether oxygens (including phenoxy) is 4. The van der Waals surface area contributed by atoms with E-state index in [1.165, 1.54) is 30.3 Å². The van der Waals surface area contributed by atoms with Crippen molar-refractivity contribution in [2.45, 2.75) is 43.2 Å². The van der Waals surface area contributed by atoms with Gasteiger partial charge in [-0.3, -0.25) is 4.79 Å². The summed E-state index contributed by atoms with van der Waals surface area (Å²) in [6.45, 7) is -0.696. The molecular weight excluding hydrogens is 512 g/mol. The molecule has 0 bridgehead atoms. The molecule has 0 aliphatic carbocycles. The van der Waals surface area contributed by atoms with Crippen LogP contribution >= 0.6 is 0 Å². The van der Waals surface area contributed by atoms with Gasteiger partial charge in [-0.2, -0.15) is 0 Å². The number of esters is 1. The third-order valence-corrected chi connectivity index (χ3v) is 5.88. The molecule has 0 saturated carbocycles. The van der Waals surface area contributed by atoms with Crippen molar-refractivity contribution in [3.63, 3.8) is 0 Å². The minimum absolute atomic E-state index is 0.0797. The first-order valence-electron chi connectivity index (χ1n) is 11.2. The quantitative estimate of drug-likeness (QED) is 0.0910. The Balaban J connectivity index is 1.63. The minimum atomic E-state index is -1.84. The Bertz CT molecular complexity index is 1260. The lowest BCUT2D eigenvalue weighted by Gasteiger charge is -2.40. The van der Waals surface area contributed by atoms with Crippen LogP contribution in [-0.2, 0) is 23.8 Å². The highest BCUT2D eigenvalue weighted by Gasteiger charge is 2.47. The van der Waals surface area contributed by atoms with Gasteiger partial charge in [0.1, 0.15) is 48.1 Å². The summed E-state index contributed by atoms with van der Waals surface area (Å²) in [5, 5.41) is 81.5. The predicted molar refractivity (Wildman–Crippen MR) is 120 cm³/mol. The molecule has 204 valence electrons. The van der Waals surface area contributed by atoms with Gasteiger partial charge in [0.2, 0.25) is 6.29 Å². The normalized spacial score (nSPS) is 26.4. The standard InChI is InChI=1S/C24H24O14/c25-10-4-13(27)11-6-16(23(36-15(11)5-10)9-1-2-12(26)14(28)3-9)37-24-22(34)21(33)20(32)17(38-24)8-35-19(31)7-18(29)30/h1-6,17,20-28,32-34H,7-8H2,(H,29,30). The molecular formula is C24H24O14. The lowest BCUT2D eigenvalue weighted by molar-refractivity contribution is -0.306. The van der Waals surface area contributed by atoms with Crippen LogP contribution in [0.5, 0.6) is 28.7 Å². The molecule has 1 saturated heterocycles. The second-order valence-electron chi connectivity index (χ2n) is 8.59. The van der Waals surface area contributed by atoms with E-state index in [1.54, 1.807) is 0 Å². The van der Waals surface area contributed by atoms with Gasteiger partial charge in [0.15, 0.2) is 17.3 Å². The van der Waals surface area contributed by atoms with Crippen molar-refractivity contribution in [3.05, 3.63) is 47.2 Å². The Morgan fingerprint density at radius 2 is 1.68 bits per heavy atom. The van der Waals surface area contributed by atoms with Gasteiger partial charge >= 0.3 is 5.97 Å². The zero-order valence-corrected chi connectivity index (χ0v) is 19.4. The van der Waals surface area contributed by atoms with E-state index in [0.717, 1.165) is 6.07 Å². The Morgan fingerprint density at radius 3 is 2.37 bits per heavy atom. The van der Waals surface area contributed by atoms with Crippen LogP contribution < -0.4 is 5.11 Å². The van der Waals surface area contributed by atoms with Crippen LogP contribution in [0, 0.1) is 0 Å². The number of carboxylic acid groups (broad SMARTS) is 1. The number of benzene rings is 2. The number of phenolic OH excluding ortho intramolecular Hbond substituents is 4. The van der Waals surface area contributed by atoms with Crippen LogP contribution in [0.15, 0.2) is 36.1 Å². The maximum atomic E-state index is 11.5. The van der Waals surface area contributed by atoms with Crippen LogP contribution in [0.3, 0.4) is 0 Å². The lowest BCUT2D eigenvalue weighted by atomic mass is 9.98. The predicted octanol–water partition coefficient (Wildman–Crippen LogP) is -1.65. The van der Waals surface area contributed by atoms with Gasteiger partial charge < -0.3 is 64.6 Å². The molecule has 0 radical (unpaired) electrons. The summed E-state index contributed by atoms with van der Waals surface area (Å²) in [6, 6.07) is 6.10. The van der Waals surface area contributed by atoms with E-state index in [2.05, 4.69) is 4.74 Å². The van der Waals surface area contributed by atoms with E-state index in [9.17, 15) is 50.4 Å². The van der Waals surface area contributed by atoms with Gasteiger partial charge in [-0.1, -0.05) is 0 Å². The SMILES string of the molecule is O=C([O-])CC(=O)OCC1OC(OC2=Cc3c(O)cc(O)cc3[OH+]C2c2ccc(O)c(O)c2)C(O)C(O)C1O. The van der Waals surface area contributed by atoms with Gasteiger partial charge in [0, 0.05) is 12.1 Å². The Kier molecular flexibility index (Phi) is 7.50. The number of fused-ring (bicyclic) bond motifs is 1. The summed E-state index contributed by atoms with van der Waals surface area (Å²) in [6.07, 6.45) is -9.36. The third-order valence-electron chi connectivity index (χ3n) is 5.88. The Labute approximate surface area is 213 Å². The van der Waals surface area contributed by atoms with Crippen molar-refractivity contribution in [1.82, 2.24) is 0 Å². The zero-order valence-electron chi connectivity index (χ0n) is 19.4. The molecule has 2 aromatic carbocycles. The zero-order chi connectivity index (χ0) is 27.7. The number of aliphatic hydroxyl groups is 4. The summed E-state index contributed by atoms with van der Waals surface area (Å²) in [7, 11) is 0. The van der Waals surface area contributed by atoms with Gasteiger partial charge in [-0.15, -0.1) is 0 Å². The van der Waals surface area contributed by atoms with Crippen molar-refractivity contribution in [2.75, 3.05) is 6.61 Å². The maximum absolute atomic E-state index is 11.5. The number of carbonyl (C=O) groups is 2. The average Bonchev–Trinajstić information content (AvgIpc) is 2.84. The second kappa shape index (κ2) is 10.6. The molecule has 2 aliphatic rings. The topological polar surface area (TPSA) is 239 Å². The molecule has 0 amide bonds. The molecule has 38 heavy (non-hydrogen) atoms. The van der Waals surface area contributed by atoms with Crippen molar-refractivity contribution < 1.29 is 69.4 Å². The molecule has 2 aliphatic heterocycles. The largest absolute Gasteiger partial charge is 0.571 e. The number of carboxylic acids is 1. The van der Waals surface area contributed by atoms with E-state index < -0.39 is 73.3 Å². The fourth-order valence-corrected chi connectivity index (χ4v) is 3.96. The molecule has 4 rings (SSSR count). The van der Waals surface area contributed by atoms with E-state index >= 15 is 0 Å². The second-order valence-corrected chi connectivity index (χ2v) is 8.59. The number of phenols is 4. The van der Waals surface area contributed by atoms with E-state index in [4.69, 9.17) is 14.2 Å². The van der Waals surface area contributed by atoms with Crippen molar-refractivity contribution in [2.24, 2.45) is 0 Å². The number of rotatable bonds is 7. The van der Waals surface area contributed by atoms with Gasteiger partial charge in [-0.25, -0.2) is 0 Å². The van der Waals surface area contributed by atoms with E-state index in [-0.39, 0.29) is 34.1 Å². The highest BCUT2D eigenvalue weighted by molar-refractivity contribution is 5.89. The number of aromatic hydroxyl groups is 5. The van der Waals surface area contributed by atoms with Crippen LogP contribution in [0.2, 0.25) is 0 Å². The monoisotopic (exact) mass is 536 g/mol. The van der Waals surface area contributed by atoms with Crippen molar-refractivity contribution >= 4 is 18.0 Å². The number of hydrogen-bond donors (Lipinski definition) is 7. The molecule has 1 fully saturated rings. The van der Waals surface area contributed by atoms with Gasteiger partial charge in [0.25, 0.3) is 11.9 Å². The molecule has 0 spiro atoms. The van der Waals surface area contributed by atoms with Crippen molar-refractivity contribution in [3.8, 4) is 28.7 Å². The molecule has 14 heteroatoms. The maximum Gasteiger partial charge on any atom is 0.311 e. The summed E-state index contributed by atoms with van der Waals surface area (Å²) in [5.41, 5.74) is 0.398. The van der Waals surface area contributed by atoms with Crippen LogP contribution in [0.1, 0.15) is 23.7 Å².